The lowest BCUT2D eigenvalue weighted by molar-refractivity contribution is 0.167. The van der Waals surface area contributed by atoms with E-state index in [-0.39, 0.29) is 22.9 Å². The highest BCUT2D eigenvalue weighted by atomic mass is 32.2. The Labute approximate surface area is 173 Å². The first kappa shape index (κ1) is 19.7. The molecule has 1 aliphatic rings. The van der Waals surface area contributed by atoms with Crippen molar-refractivity contribution in [2.45, 2.75) is 4.90 Å². The first-order chi connectivity index (χ1) is 14.4. The fourth-order valence-electron chi connectivity index (χ4n) is 2.93. The third-order valence-corrected chi connectivity index (χ3v) is 5.17. The van der Waals surface area contributed by atoms with Gasteiger partial charge >= 0.3 is 0 Å². The molecule has 3 aromatic rings. The average Bonchev–Trinajstić information content (AvgIpc) is 2.73. The number of nitrogens with zero attached hydrogens (tertiary/aromatic N) is 2. The fraction of sp³-hybridized carbons (Fsp3) is 0.158. The van der Waals surface area contributed by atoms with Crippen LogP contribution in [0.4, 0.5) is 23.1 Å². The standard InChI is InChI=1S/C19H19N5O5S/c1-27-13-4-2-3-12(11-13)22-19-21-8-7-16(24-19)23-14-5-6-15-17(29-10-9-28-15)18(14)30(20,25)26/h2-8,11H,9-10H2,1H3,(H2,20,25,26)(H2,21,22,23,24). The van der Waals surface area contributed by atoms with Crippen molar-refractivity contribution in [3.05, 3.63) is 48.7 Å². The zero-order chi connectivity index (χ0) is 21.1. The van der Waals surface area contributed by atoms with Crippen LogP contribution in [0.25, 0.3) is 0 Å². The van der Waals surface area contributed by atoms with Gasteiger partial charge in [0, 0.05) is 18.0 Å². The molecule has 4 N–H and O–H groups in total. The molecule has 1 aliphatic heterocycles. The number of nitrogens with two attached hydrogens (primary N) is 1. The highest BCUT2D eigenvalue weighted by Crippen LogP contribution is 2.41. The first-order valence-electron chi connectivity index (χ1n) is 8.90. The number of fused-ring (bicyclic) bond motifs is 1. The van der Waals surface area contributed by atoms with Crippen molar-refractivity contribution >= 4 is 33.2 Å². The molecule has 0 fully saturated rings. The Balaban J connectivity index is 1.64. The monoisotopic (exact) mass is 429 g/mol. The molecule has 0 radical (unpaired) electrons. The molecule has 2 heterocycles. The van der Waals surface area contributed by atoms with Crippen LogP contribution in [0.1, 0.15) is 0 Å². The van der Waals surface area contributed by atoms with Gasteiger partial charge in [0.25, 0.3) is 0 Å². The molecule has 2 aromatic carbocycles. The van der Waals surface area contributed by atoms with Crippen molar-refractivity contribution in [2.75, 3.05) is 31.0 Å². The summed E-state index contributed by atoms with van der Waals surface area (Å²) in [5, 5.41) is 11.5. The molecule has 156 valence electrons. The number of aromatic nitrogens is 2. The number of hydrogen-bond acceptors (Lipinski definition) is 9. The number of methoxy groups -OCH3 is 1. The van der Waals surface area contributed by atoms with Crippen LogP contribution in [0.3, 0.4) is 0 Å². The number of rotatable bonds is 6. The van der Waals surface area contributed by atoms with Crippen molar-refractivity contribution in [1.82, 2.24) is 9.97 Å². The van der Waals surface area contributed by atoms with Crippen LogP contribution in [-0.4, -0.2) is 38.7 Å². The predicted octanol–water partition coefficient (Wildman–Crippen LogP) is 2.39. The molecule has 0 spiro atoms. The highest BCUT2D eigenvalue weighted by Gasteiger charge is 2.27. The average molecular weight is 429 g/mol. The van der Waals surface area contributed by atoms with Crippen LogP contribution < -0.4 is 30.0 Å². The maximum absolute atomic E-state index is 12.2. The zero-order valence-electron chi connectivity index (χ0n) is 16.0. The summed E-state index contributed by atoms with van der Waals surface area (Å²) in [7, 11) is -2.52. The van der Waals surface area contributed by atoms with Gasteiger partial charge < -0.3 is 24.8 Å². The number of benzene rings is 2. The molecule has 0 amide bonds. The number of anilines is 4. The van der Waals surface area contributed by atoms with E-state index in [9.17, 15) is 8.42 Å². The van der Waals surface area contributed by atoms with Gasteiger partial charge in [-0.05, 0) is 30.3 Å². The van der Waals surface area contributed by atoms with Crippen molar-refractivity contribution in [1.29, 1.82) is 0 Å². The van der Waals surface area contributed by atoms with E-state index in [2.05, 4.69) is 20.6 Å². The lowest BCUT2D eigenvalue weighted by Gasteiger charge is -2.22. The lowest BCUT2D eigenvalue weighted by Crippen LogP contribution is -2.21. The van der Waals surface area contributed by atoms with E-state index in [0.29, 0.717) is 29.9 Å². The molecule has 0 bridgehead atoms. The quantitative estimate of drug-likeness (QED) is 0.539. The molecule has 0 atom stereocenters. The van der Waals surface area contributed by atoms with Crippen molar-refractivity contribution in [3.63, 3.8) is 0 Å². The number of primary sulfonamides is 1. The molecule has 4 rings (SSSR count). The Morgan fingerprint density at radius 1 is 1.10 bits per heavy atom. The van der Waals surface area contributed by atoms with Gasteiger partial charge in [-0.15, -0.1) is 0 Å². The van der Waals surface area contributed by atoms with E-state index in [1.807, 2.05) is 18.2 Å². The topological polar surface area (TPSA) is 138 Å². The second-order valence-corrected chi connectivity index (χ2v) is 7.76. The van der Waals surface area contributed by atoms with E-state index in [1.54, 1.807) is 31.4 Å². The zero-order valence-corrected chi connectivity index (χ0v) is 16.8. The number of sulfonamides is 1. The minimum atomic E-state index is -4.10. The second-order valence-electron chi connectivity index (χ2n) is 6.26. The number of nitrogens with one attached hydrogen (secondary N) is 2. The van der Waals surface area contributed by atoms with Crippen LogP contribution in [0.2, 0.25) is 0 Å². The molecule has 11 heteroatoms. The fourth-order valence-corrected chi connectivity index (χ4v) is 3.77. The number of ether oxygens (including phenoxy) is 3. The molecule has 0 saturated heterocycles. The van der Waals surface area contributed by atoms with Gasteiger partial charge in [0.05, 0.1) is 12.8 Å². The van der Waals surface area contributed by atoms with Crippen molar-refractivity contribution in [2.24, 2.45) is 5.14 Å². The summed E-state index contributed by atoms with van der Waals surface area (Å²) < 4.78 is 40.6. The highest BCUT2D eigenvalue weighted by molar-refractivity contribution is 7.89. The Kier molecular flexibility index (Phi) is 5.29. The van der Waals surface area contributed by atoms with Gasteiger partial charge in [-0.1, -0.05) is 6.07 Å². The van der Waals surface area contributed by atoms with Gasteiger partial charge in [-0.2, -0.15) is 4.98 Å². The molecular weight excluding hydrogens is 410 g/mol. The first-order valence-corrected chi connectivity index (χ1v) is 10.5. The molecule has 0 unspecified atom stereocenters. The molecule has 30 heavy (non-hydrogen) atoms. The molecule has 0 saturated carbocycles. The molecular formula is C19H19N5O5S. The third kappa shape index (κ3) is 4.21. The van der Waals surface area contributed by atoms with Crippen LogP contribution in [-0.2, 0) is 10.0 Å². The SMILES string of the molecule is COc1cccc(Nc2nccc(Nc3ccc4c(c3S(N)(=O)=O)OCCO4)n2)c1. The van der Waals surface area contributed by atoms with E-state index < -0.39 is 10.0 Å². The van der Waals surface area contributed by atoms with Crippen molar-refractivity contribution < 1.29 is 22.6 Å². The Bertz CT molecular complexity index is 1190. The summed E-state index contributed by atoms with van der Waals surface area (Å²) in [5.74, 6) is 1.75. The Morgan fingerprint density at radius 3 is 2.73 bits per heavy atom. The molecule has 10 nitrogen and oxygen atoms in total. The number of hydrogen-bond donors (Lipinski definition) is 3. The predicted molar refractivity (Wildman–Crippen MR) is 110 cm³/mol. The minimum Gasteiger partial charge on any atom is -0.497 e. The summed E-state index contributed by atoms with van der Waals surface area (Å²) in [5.41, 5.74) is 0.948. The minimum absolute atomic E-state index is 0.0811. The maximum atomic E-state index is 12.2. The summed E-state index contributed by atoms with van der Waals surface area (Å²) in [6, 6.07) is 12.0. The van der Waals surface area contributed by atoms with Gasteiger partial charge in [0.1, 0.15) is 24.8 Å². The van der Waals surface area contributed by atoms with E-state index >= 15 is 0 Å². The largest absolute Gasteiger partial charge is 0.497 e. The summed E-state index contributed by atoms with van der Waals surface area (Å²) in [4.78, 5) is 8.36. The maximum Gasteiger partial charge on any atom is 0.243 e. The van der Waals surface area contributed by atoms with E-state index in [1.165, 1.54) is 6.20 Å². The van der Waals surface area contributed by atoms with Crippen LogP contribution in [0.15, 0.2) is 53.6 Å². The lowest BCUT2D eigenvalue weighted by atomic mass is 10.2. The van der Waals surface area contributed by atoms with Crippen LogP contribution >= 0.6 is 0 Å². The van der Waals surface area contributed by atoms with Crippen LogP contribution in [0.5, 0.6) is 17.2 Å². The van der Waals surface area contributed by atoms with E-state index in [4.69, 9.17) is 19.3 Å². The summed E-state index contributed by atoms with van der Waals surface area (Å²) in [6.45, 7) is 0.552. The molecule has 1 aromatic heterocycles. The second kappa shape index (κ2) is 8.05. The summed E-state index contributed by atoms with van der Waals surface area (Å²) >= 11 is 0. The Morgan fingerprint density at radius 2 is 1.93 bits per heavy atom. The molecule has 0 aliphatic carbocycles. The van der Waals surface area contributed by atoms with Gasteiger partial charge in [0.2, 0.25) is 16.0 Å². The summed E-state index contributed by atoms with van der Waals surface area (Å²) in [6.07, 6.45) is 1.53. The third-order valence-electron chi connectivity index (χ3n) is 4.19. The smallest absolute Gasteiger partial charge is 0.243 e. The Hall–Kier alpha value is -3.57. The van der Waals surface area contributed by atoms with Crippen LogP contribution in [0, 0.1) is 0 Å². The van der Waals surface area contributed by atoms with E-state index in [0.717, 1.165) is 5.69 Å². The van der Waals surface area contributed by atoms with Gasteiger partial charge in [0.15, 0.2) is 16.4 Å². The van der Waals surface area contributed by atoms with Gasteiger partial charge in [-0.25, -0.2) is 18.5 Å². The van der Waals surface area contributed by atoms with Crippen molar-refractivity contribution in [3.8, 4) is 17.2 Å². The van der Waals surface area contributed by atoms with Gasteiger partial charge in [-0.3, -0.25) is 0 Å². The normalized spacial score (nSPS) is 12.9.